The van der Waals surface area contributed by atoms with E-state index in [1.54, 1.807) is 0 Å². The van der Waals surface area contributed by atoms with Gasteiger partial charge in [-0.25, -0.2) is 0 Å². The van der Waals surface area contributed by atoms with E-state index in [9.17, 15) is 9.90 Å². The van der Waals surface area contributed by atoms with Crippen molar-refractivity contribution in [1.82, 2.24) is 4.90 Å². The molecule has 6 aliphatic carbocycles. The number of methoxy groups -OCH3 is 1. The van der Waals surface area contributed by atoms with Crippen molar-refractivity contribution in [3.8, 4) is 0 Å². The first-order valence-corrected chi connectivity index (χ1v) is 17.8. The summed E-state index contributed by atoms with van der Waals surface area (Å²) < 4.78 is 5.68. The number of hydrogen-bond donors (Lipinski definition) is 1. The van der Waals surface area contributed by atoms with Gasteiger partial charge >= 0.3 is 0 Å². The predicted octanol–water partition coefficient (Wildman–Crippen LogP) is 7.87. The highest BCUT2D eigenvalue weighted by Crippen LogP contribution is 2.79. The SMILES string of the molecule is COC1CCN(C(=O)[C@]23CC[C@@H](C4(C)CC4)[C@@H]2[C@H]2CC[C@@H]4[C@@]5(C)CC[C@H](O)C(C)(C)[C@@H]5CC[C@@]4(C)[C@]2(C)CC3)CC1. The summed E-state index contributed by atoms with van der Waals surface area (Å²) >= 11 is 0. The number of amides is 1. The monoisotopic (exact) mass is 567 g/mol. The summed E-state index contributed by atoms with van der Waals surface area (Å²) in [6.07, 6.45) is 17.0. The Hall–Kier alpha value is -0.610. The molecule has 1 N–H and O–H groups in total. The lowest BCUT2D eigenvalue weighted by atomic mass is 9.32. The first-order valence-electron chi connectivity index (χ1n) is 17.8. The fraction of sp³-hybridized carbons (Fsp3) is 0.973. The van der Waals surface area contributed by atoms with Crippen molar-refractivity contribution < 1.29 is 14.6 Å². The van der Waals surface area contributed by atoms with Gasteiger partial charge in [0.1, 0.15) is 0 Å². The summed E-state index contributed by atoms with van der Waals surface area (Å²) in [4.78, 5) is 17.1. The van der Waals surface area contributed by atoms with Gasteiger partial charge in [0.15, 0.2) is 0 Å². The summed E-state index contributed by atoms with van der Waals surface area (Å²) in [5.41, 5.74) is 1.30. The van der Waals surface area contributed by atoms with Gasteiger partial charge in [-0.05, 0) is 147 Å². The Balaban J connectivity index is 1.24. The first kappa shape index (κ1) is 29.1. The number of fused-ring (bicyclic) bond motifs is 7. The molecule has 0 unspecified atom stereocenters. The largest absolute Gasteiger partial charge is 0.393 e. The van der Waals surface area contributed by atoms with Crippen LogP contribution in [-0.2, 0) is 9.53 Å². The predicted molar refractivity (Wildman–Crippen MR) is 164 cm³/mol. The molecule has 4 heteroatoms. The number of aliphatic hydroxyl groups is 1. The maximum absolute atomic E-state index is 14.8. The molecule has 10 atom stereocenters. The van der Waals surface area contributed by atoms with E-state index in [4.69, 9.17) is 4.74 Å². The third-order valence-corrected chi connectivity index (χ3v) is 16.8. The van der Waals surface area contributed by atoms with Crippen molar-refractivity contribution in [3.63, 3.8) is 0 Å². The molecular weight excluding hydrogens is 506 g/mol. The molecule has 0 aromatic heterocycles. The highest BCUT2D eigenvalue weighted by Gasteiger charge is 2.73. The normalized spacial score (nSPS) is 52.1. The summed E-state index contributed by atoms with van der Waals surface area (Å²) in [5, 5.41) is 11.1. The van der Waals surface area contributed by atoms with Gasteiger partial charge < -0.3 is 14.7 Å². The van der Waals surface area contributed by atoms with Crippen LogP contribution in [0.15, 0.2) is 0 Å². The van der Waals surface area contributed by atoms with E-state index in [0.717, 1.165) is 57.0 Å². The molecule has 1 aliphatic heterocycles. The maximum atomic E-state index is 14.8. The molecule has 0 spiro atoms. The van der Waals surface area contributed by atoms with Crippen LogP contribution in [0, 0.1) is 62.1 Å². The summed E-state index contributed by atoms with van der Waals surface area (Å²) in [6.45, 7) is 17.2. The zero-order chi connectivity index (χ0) is 29.2. The van der Waals surface area contributed by atoms with Crippen LogP contribution in [0.1, 0.15) is 131 Å². The van der Waals surface area contributed by atoms with Crippen molar-refractivity contribution in [1.29, 1.82) is 0 Å². The highest BCUT2D eigenvalue weighted by molar-refractivity contribution is 5.84. The van der Waals surface area contributed by atoms with E-state index in [2.05, 4.69) is 46.4 Å². The van der Waals surface area contributed by atoms with Gasteiger partial charge in [0.2, 0.25) is 5.91 Å². The maximum Gasteiger partial charge on any atom is 0.229 e. The molecule has 0 aromatic carbocycles. The lowest BCUT2D eigenvalue weighted by molar-refractivity contribution is -0.249. The number of carbonyl (C=O) groups excluding carboxylic acids is 1. The van der Waals surface area contributed by atoms with Gasteiger partial charge in [0.25, 0.3) is 0 Å². The molecular formula is C37H61NO3. The molecule has 232 valence electrons. The zero-order valence-corrected chi connectivity index (χ0v) is 27.6. The third-order valence-electron chi connectivity index (χ3n) is 16.8. The van der Waals surface area contributed by atoms with E-state index in [-0.39, 0.29) is 16.9 Å². The Morgan fingerprint density at radius 3 is 2.07 bits per heavy atom. The van der Waals surface area contributed by atoms with Gasteiger partial charge in [-0.15, -0.1) is 0 Å². The van der Waals surface area contributed by atoms with Gasteiger partial charge in [-0.1, -0.05) is 41.5 Å². The average Bonchev–Trinajstić information content (AvgIpc) is 3.56. The molecule has 7 fully saturated rings. The number of carbonyl (C=O) groups is 1. The van der Waals surface area contributed by atoms with Crippen LogP contribution in [0.5, 0.6) is 0 Å². The van der Waals surface area contributed by atoms with Crippen LogP contribution in [-0.4, -0.2) is 48.3 Å². The second-order valence-corrected chi connectivity index (χ2v) is 18.3. The van der Waals surface area contributed by atoms with Crippen molar-refractivity contribution in [2.24, 2.45) is 62.1 Å². The Labute approximate surface area is 251 Å². The average molecular weight is 568 g/mol. The Morgan fingerprint density at radius 2 is 1.41 bits per heavy atom. The molecule has 0 radical (unpaired) electrons. The van der Waals surface area contributed by atoms with E-state index >= 15 is 0 Å². The van der Waals surface area contributed by atoms with Crippen molar-refractivity contribution in [3.05, 3.63) is 0 Å². The Bertz CT molecular complexity index is 1060. The number of piperidine rings is 1. The molecule has 7 rings (SSSR count). The van der Waals surface area contributed by atoms with Crippen LogP contribution in [0.25, 0.3) is 0 Å². The number of hydrogen-bond acceptors (Lipinski definition) is 3. The van der Waals surface area contributed by atoms with Crippen LogP contribution in [0.2, 0.25) is 0 Å². The lowest BCUT2D eigenvalue weighted by Crippen LogP contribution is -2.67. The van der Waals surface area contributed by atoms with E-state index in [1.807, 2.05) is 7.11 Å². The number of aliphatic hydroxyl groups excluding tert-OH is 1. The standard InChI is InChI=1S/C37H61NO3/c1-32(2)27-11-16-36(6)28(34(27,4)15-12-29(32)39)9-8-26-30-25(33(3)18-19-33)10-17-37(30,21-20-35(26,36)5)31(40)38-22-13-24(41-7)14-23-38/h24-30,39H,8-23H2,1-7H3/t25-,26-,27+,28-,29+,30-,34+,35-,36-,37+/m1/s1. The van der Waals surface area contributed by atoms with Crippen LogP contribution < -0.4 is 0 Å². The van der Waals surface area contributed by atoms with E-state index < -0.39 is 0 Å². The second kappa shape index (κ2) is 9.21. The van der Waals surface area contributed by atoms with E-state index in [0.29, 0.717) is 51.4 Å². The highest BCUT2D eigenvalue weighted by atomic mass is 16.5. The number of ether oxygens (including phenoxy) is 1. The molecule has 4 nitrogen and oxygen atoms in total. The lowest BCUT2D eigenvalue weighted by Gasteiger charge is -2.73. The van der Waals surface area contributed by atoms with Crippen LogP contribution in [0.4, 0.5) is 0 Å². The Morgan fingerprint density at radius 1 is 0.707 bits per heavy atom. The zero-order valence-electron chi connectivity index (χ0n) is 27.6. The minimum absolute atomic E-state index is 0.00754. The minimum Gasteiger partial charge on any atom is -0.393 e. The molecule has 41 heavy (non-hydrogen) atoms. The van der Waals surface area contributed by atoms with Gasteiger partial charge in [0.05, 0.1) is 17.6 Å². The number of nitrogens with zero attached hydrogens (tertiary/aromatic N) is 1. The van der Waals surface area contributed by atoms with Gasteiger partial charge in [-0.2, -0.15) is 0 Å². The molecule has 0 aromatic rings. The Kier molecular flexibility index (Phi) is 6.54. The fourth-order valence-corrected chi connectivity index (χ4v) is 13.9. The molecule has 1 heterocycles. The van der Waals surface area contributed by atoms with Crippen LogP contribution in [0.3, 0.4) is 0 Å². The topological polar surface area (TPSA) is 49.8 Å². The fourth-order valence-electron chi connectivity index (χ4n) is 13.9. The van der Waals surface area contributed by atoms with Crippen molar-refractivity contribution in [2.75, 3.05) is 20.2 Å². The summed E-state index contributed by atoms with van der Waals surface area (Å²) in [5.74, 6) is 3.84. The number of rotatable bonds is 3. The smallest absolute Gasteiger partial charge is 0.229 e. The molecule has 0 bridgehead atoms. The minimum atomic E-state index is -0.161. The van der Waals surface area contributed by atoms with Gasteiger partial charge in [0, 0.05) is 20.2 Å². The number of likely N-dealkylation sites (tertiary alicyclic amines) is 1. The molecule has 7 aliphatic rings. The molecule has 1 saturated heterocycles. The molecule has 6 saturated carbocycles. The summed E-state index contributed by atoms with van der Waals surface area (Å²) in [6, 6.07) is 0. The third kappa shape index (κ3) is 3.74. The quantitative estimate of drug-likeness (QED) is 0.378. The second-order valence-electron chi connectivity index (χ2n) is 18.3. The van der Waals surface area contributed by atoms with Crippen molar-refractivity contribution in [2.45, 2.75) is 144 Å². The molecule has 1 amide bonds. The van der Waals surface area contributed by atoms with Crippen LogP contribution >= 0.6 is 0 Å². The van der Waals surface area contributed by atoms with Gasteiger partial charge in [-0.3, -0.25) is 4.79 Å². The van der Waals surface area contributed by atoms with Crippen molar-refractivity contribution >= 4 is 5.91 Å². The first-order chi connectivity index (χ1) is 19.3. The summed E-state index contributed by atoms with van der Waals surface area (Å²) in [7, 11) is 1.83. The van der Waals surface area contributed by atoms with E-state index in [1.165, 1.54) is 57.8 Å².